The van der Waals surface area contributed by atoms with Crippen LogP contribution in [0.4, 0.5) is 0 Å². The number of aliphatic hydroxyl groups is 1. The lowest BCUT2D eigenvalue weighted by atomic mass is 9.74. The number of hydrogen-bond acceptors (Lipinski definition) is 5. The van der Waals surface area contributed by atoms with Crippen molar-refractivity contribution in [2.24, 2.45) is 11.8 Å². The van der Waals surface area contributed by atoms with Gasteiger partial charge in [0, 0.05) is 30.8 Å². The Kier molecular flexibility index (Phi) is 4.56. The van der Waals surface area contributed by atoms with Crippen LogP contribution in [-0.2, 0) is 19.1 Å². The molecule has 0 aromatic heterocycles. The number of ketones is 1. The summed E-state index contributed by atoms with van der Waals surface area (Å²) in [6.45, 7) is 4.17. The summed E-state index contributed by atoms with van der Waals surface area (Å²) < 4.78 is 10.9. The summed E-state index contributed by atoms with van der Waals surface area (Å²) in [5.74, 6) is 0.787. The van der Waals surface area contributed by atoms with Crippen LogP contribution in [0, 0.1) is 11.8 Å². The molecule has 0 bridgehead atoms. The van der Waals surface area contributed by atoms with Gasteiger partial charge in [0.15, 0.2) is 5.78 Å². The summed E-state index contributed by atoms with van der Waals surface area (Å²) in [6.07, 6.45) is 4.91. The third kappa shape index (κ3) is 2.90. The van der Waals surface area contributed by atoms with E-state index >= 15 is 0 Å². The predicted molar refractivity (Wildman–Crippen MR) is 88.0 cm³/mol. The lowest BCUT2D eigenvalue weighted by molar-refractivity contribution is -0.140. The van der Waals surface area contributed by atoms with Crippen molar-refractivity contribution in [1.82, 2.24) is 0 Å². The zero-order valence-corrected chi connectivity index (χ0v) is 14.6. The van der Waals surface area contributed by atoms with Gasteiger partial charge in [-0.3, -0.25) is 9.59 Å². The molecular formula is C19H26O5. The third-order valence-electron chi connectivity index (χ3n) is 5.79. The molecule has 4 unspecified atom stereocenters. The summed E-state index contributed by atoms with van der Waals surface area (Å²) >= 11 is 0. The zero-order chi connectivity index (χ0) is 17.5. The highest BCUT2D eigenvalue weighted by Crippen LogP contribution is 2.51. The van der Waals surface area contributed by atoms with Crippen LogP contribution in [0.5, 0.6) is 0 Å². The number of esters is 1. The van der Waals surface area contributed by atoms with Gasteiger partial charge in [0.05, 0.1) is 7.11 Å². The molecule has 1 aliphatic heterocycles. The van der Waals surface area contributed by atoms with Crippen LogP contribution in [0.15, 0.2) is 23.0 Å². The lowest BCUT2D eigenvalue weighted by Gasteiger charge is -2.43. The van der Waals surface area contributed by atoms with Gasteiger partial charge in [0.2, 0.25) is 0 Å². The Morgan fingerprint density at radius 1 is 1.54 bits per heavy atom. The second-order valence-corrected chi connectivity index (χ2v) is 7.42. The molecule has 2 aliphatic carbocycles. The summed E-state index contributed by atoms with van der Waals surface area (Å²) in [5, 5.41) is 10.2. The van der Waals surface area contributed by atoms with Crippen LogP contribution in [0.3, 0.4) is 0 Å². The number of carbonyl (C=O) groups is 2. The van der Waals surface area contributed by atoms with Crippen molar-refractivity contribution >= 4 is 11.8 Å². The fraction of sp³-hybridized carbons (Fsp3) is 0.684. The molecule has 1 heterocycles. The number of ether oxygens (including phenoxy) is 2. The maximum atomic E-state index is 12.3. The molecule has 0 saturated heterocycles. The molecule has 3 aliphatic rings. The predicted octanol–water partition coefficient (Wildman–Crippen LogP) is 2.68. The van der Waals surface area contributed by atoms with Gasteiger partial charge >= 0.3 is 5.97 Å². The van der Waals surface area contributed by atoms with Gasteiger partial charge in [-0.15, -0.1) is 0 Å². The molecule has 4 atom stereocenters. The van der Waals surface area contributed by atoms with Gasteiger partial charge < -0.3 is 14.6 Å². The highest BCUT2D eigenvalue weighted by atomic mass is 16.5. The van der Waals surface area contributed by atoms with Crippen molar-refractivity contribution in [2.45, 2.75) is 64.1 Å². The Morgan fingerprint density at radius 3 is 3.00 bits per heavy atom. The lowest BCUT2D eigenvalue weighted by Crippen LogP contribution is -2.44. The van der Waals surface area contributed by atoms with Crippen molar-refractivity contribution in [3.05, 3.63) is 23.0 Å². The van der Waals surface area contributed by atoms with Crippen LogP contribution < -0.4 is 0 Å². The molecule has 0 amide bonds. The molecule has 132 valence electrons. The molecule has 0 saturated carbocycles. The number of Topliss-reactive ketones (excluding diaryl/α,β-unsaturated/α-hetero) is 1. The van der Waals surface area contributed by atoms with Crippen molar-refractivity contribution in [1.29, 1.82) is 0 Å². The van der Waals surface area contributed by atoms with E-state index < -0.39 is 11.7 Å². The molecular weight excluding hydrogens is 308 g/mol. The average Bonchev–Trinajstić information content (AvgIpc) is 2.91. The second kappa shape index (κ2) is 6.36. The number of carbonyl (C=O) groups excluding carboxylic acids is 2. The SMILES string of the molecule is COC(=O)CCC(C)C1=CCC2(C)OC3=C(CC12)C(=O)CCC3O. The van der Waals surface area contributed by atoms with E-state index in [0.29, 0.717) is 37.0 Å². The standard InChI is InChI=1S/C19H26O5/c1-11(4-7-17(22)23-3)12-8-9-19(2)14(12)10-13-15(20)5-6-16(21)18(13)24-19/h8,11,14,16,21H,4-7,9-10H2,1-3H3. The molecule has 3 rings (SSSR count). The van der Waals surface area contributed by atoms with Crippen LogP contribution in [0.2, 0.25) is 0 Å². The Labute approximate surface area is 142 Å². The molecule has 5 heteroatoms. The quantitative estimate of drug-likeness (QED) is 0.632. The van der Waals surface area contributed by atoms with Gasteiger partial charge in [0.25, 0.3) is 0 Å². The van der Waals surface area contributed by atoms with Gasteiger partial charge in [0.1, 0.15) is 17.5 Å². The van der Waals surface area contributed by atoms with Crippen LogP contribution >= 0.6 is 0 Å². The molecule has 0 spiro atoms. The van der Waals surface area contributed by atoms with Crippen molar-refractivity contribution < 1.29 is 24.2 Å². The van der Waals surface area contributed by atoms with E-state index in [4.69, 9.17) is 9.47 Å². The smallest absolute Gasteiger partial charge is 0.305 e. The van der Waals surface area contributed by atoms with Gasteiger partial charge in [-0.1, -0.05) is 18.6 Å². The normalized spacial score (nSPS) is 33.3. The number of hydrogen-bond donors (Lipinski definition) is 1. The van der Waals surface area contributed by atoms with Gasteiger partial charge in [-0.05, 0) is 32.1 Å². The number of aliphatic hydroxyl groups excluding tert-OH is 1. The number of rotatable bonds is 4. The van der Waals surface area contributed by atoms with E-state index in [1.165, 1.54) is 12.7 Å². The zero-order valence-electron chi connectivity index (χ0n) is 14.6. The van der Waals surface area contributed by atoms with E-state index in [1.54, 1.807) is 0 Å². The Hall–Kier alpha value is -1.62. The average molecular weight is 334 g/mol. The largest absolute Gasteiger partial charge is 0.488 e. The highest BCUT2D eigenvalue weighted by Gasteiger charge is 2.50. The van der Waals surface area contributed by atoms with Gasteiger partial charge in [-0.2, -0.15) is 0 Å². The van der Waals surface area contributed by atoms with E-state index in [1.807, 2.05) is 0 Å². The van der Waals surface area contributed by atoms with E-state index in [0.717, 1.165) is 12.8 Å². The number of allylic oxidation sites excluding steroid dienone is 1. The first-order valence-corrected chi connectivity index (χ1v) is 8.76. The van der Waals surface area contributed by atoms with Crippen LogP contribution in [0.1, 0.15) is 52.4 Å². The molecule has 1 N–H and O–H groups in total. The minimum Gasteiger partial charge on any atom is -0.488 e. The van der Waals surface area contributed by atoms with Crippen molar-refractivity contribution in [2.75, 3.05) is 7.11 Å². The number of methoxy groups -OCH3 is 1. The topological polar surface area (TPSA) is 72.8 Å². The Morgan fingerprint density at radius 2 is 2.29 bits per heavy atom. The Balaban J connectivity index is 1.78. The van der Waals surface area contributed by atoms with E-state index in [-0.39, 0.29) is 23.6 Å². The minimum absolute atomic E-state index is 0.103. The first-order valence-electron chi connectivity index (χ1n) is 8.76. The highest BCUT2D eigenvalue weighted by molar-refractivity contribution is 5.97. The summed E-state index contributed by atoms with van der Waals surface area (Å²) in [6, 6.07) is 0. The molecule has 24 heavy (non-hydrogen) atoms. The molecule has 0 radical (unpaired) electrons. The summed E-state index contributed by atoms with van der Waals surface area (Å²) in [5.41, 5.74) is 1.54. The molecule has 0 aromatic rings. The third-order valence-corrected chi connectivity index (χ3v) is 5.79. The maximum Gasteiger partial charge on any atom is 0.305 e. The van der Waals surface area contributed by atoms with Gasteiger partial charge in [-0.25, -0.2) is 0 Å². The fourth-order valence-electron chi connectivity index (χ4n) is 4.24. The minimum atomic E-state index is -0.656. The fourth-order valence-corrected chi connectivity index (χ4v) is 4.24. The molecule has 5 nitrogen and oxygen atoms in total. The first kappa shape index (κ1) is 17.2. The summed E-state index contributed by atoms with van der Waals surface area (Å²) in [7, 11) is 1.40. The molecule has 0 aromatic carbocycles. The first-order chi connectivity index (χ1) is 11.4. The van der Waals surface area contributed by atoms with Crippen molar-refractivity contribution in [3.63, 3.8) is 0 Å². The van der Waals surface area contributed by atoms with Crippen molar-refractivity contribution in [3.8, 4) is 0 Å². The van der Waals surface area contributed by atoms with Crippen LogP contribution in [0.25, 0.3) is 0 Å². The number of fused-ring (bicyclic) bond motifs is 1. The van der Waals surface area contributed by atoms with Crippen LogP contribution in [-0.4, -0.2) is 35.7 Å². The molecule has 0 fully saturated rings. The maximum absolute atomic E-state index is 12.3. The monoisotopic (exact) mass is 334 g/mol. The second-order valence-electron chi connectivity index (χ2n) is 7.42. The Bertz CT molecular complexity index is 617. The van der Waals surface area contributed by atoms with E-state index in [2.05, 4.69) is 19.9 Å². The summed E-state index contributed by atoms with van der Waals surface area (Å²) in [4.78, 5) is 23.7. The van der Waals surface area contributed by atoms with E-state index in [9.17, 15) is 14.7 Å².